The van der Waals surface area contributed by atoms with Gasteiger partial charge in [0.1, 0.15) is 12.6 Å². The molecule has 14 heavy (non-hydrogen) atoms. The highest BCUT2D eigenvalue weighted by molar-refractivity contribution is 5.70. The highest BCUT2D eigenvalue weighted by atomic mass is 14.9. The van der Waals surface area contributed by atoms with Crippen molar-refractivity contribution in [1.29, 1.82) is 0 Å². The Bertz CT molecular complexity index is 350. The van der Waals surface area contributed by atoms with Gasteiger partial charge in [-0.1, -0.05) is 27.7 Å². The van der Waals surface area contributed by atoms with E-state index in [-0.39, 0.29) is 0 Å². The van der Waals surface area contributed by atoms with Gasteiger partial charge in [-0.15, -0.1) is 0 Å². The van der Waals surface area contributed by atoms with E-state index >= 15 is 0 Å². The lowest BCUT2D eigenvalue weighted by molar-refractivity contribution is -0.644. The molecule has 0 aromatic carbocycles. The van der Waals surface area contributed by atoms with Crippen molar-refractivity contribution in [2.75, 3.05) is 0 Å². The van der Waals surface area contributed by atoms with Crippen LogP contribution >= 0.6 is 0 Å². The number of nitrogens with one attached hydrogen (secondary N) is 1. The lowest BCUT2D eigenvalue weighted by atomic mass is 10.4. The predicted molar refractivity (Wildman–Crippen MR) is 62.2 cm³/mol. The molecule has 0 saturated heterocycles. The Morgan fingerprint density at radius 3 is 2.29 bits per heavy atom. The zero-order chi connectivity index (χ0) is 11.0. The SMILES string of the molecule is CC.CC.C[n+]1cccc2[nH]ccc21. The number of aromatic nitrogens is 2. The fourth-order valence-electron chi connectivity index (χ4n) is 1.16. The van der Waals surface area contributed by atoms with E-state index in [4.69, 9.17) is 0 Å². The summed E-state index contributed by atoms with van der Waals surface area (Å²) >= 11 is 0. The molecule has 0 aliphatic rings. The number of hydrogen-bond donors (Lipinski definition) is 1. The molecule has 2 nitrogen and oxygen atoms in total. The lowest BCUT2D eigenvalue weighted by Gasteiger charge is -1.86. The second-order valence-electron chi connectivity index (χ2n) is 2.40. The van der Waals surface area contributed by atoms with E-state index in [1.54, 1.807) is 0 Å². The molecule has 2 rings (SSSR count). The molecule has 2 aromatic heterocycles. The van der Waals surface area contributed by atoms with Crippen molar-refractivity contribution in [3.8, 4) is 0 Å². The fourth-order valence-corrected chi connectivity index (χ4v) is 1.16. The first kappa shape index (κ1) is 12.7. The summed E-state index contributed by atoms with van der Waals surface area (Å²) in [5.74, 6) is 0. The molecule has 0 bridgehead atoms. The van der Waals surface area contributed by atoms with Crippen LogP contribution in [0.15, 0.2) is 30.6 Å². The van der Waals surface area contributed by atoms with Crippen LogP contribution in [0.3, 0.4) is 0 Å². The van der Waals surface area contributed by atoms with E-state index in [0.29, 0.717) is 0 Å². The average Bonchev–Trinajstić information content (AvgIpc) is 2.73. The third-order valence-electron chi connectivity index (χ3n) is 1.71. The maximum Gasteiger partial charge on any atom is 0.230 e. The van der Waals surface area contributed by atoms with Crippen molar-refractivity contribution in [3.63, 3.8) is 0 Å². The second kappa shape index (κ2) is 7.13. The highest BCUT2D eigenvalue weighted by Crippen LogP contribution is 2.03. The molecule has 0 aliphatic carbocycles. The van der Waals surface area contributed by atoms with Crippen molar-refractivity contribution in [3.05, 3.63) is 30.6 Å². The summed E-state index contributed by atoms with van der Waals surface area (Å²) in [6, 6.07) is 6.16. The molecule has 0 radical (unpaired) electrons. The monoisotopic (exact) mass is 193 g/mol. The number of aryl methyl sites for hydroxylation is 1. The number of hydrogen-bond acceptors (Lipinski definition) is 0. The van der Waals surface area contributed by atoms with Gasteiger partial charge in [0.05, 0.1) is 0 Å². The summed E-state index contributed by atoms with van der Waals surface area (Å²) in [7, 11) is 2.04. The summed E-state index contributed by atoms with van der Waals surface area (Å²) in [5.41, 5.74) is 2.42. The molecule has 78 valence electrons. The lowest BCUT2D eigenvalue weighted by Crippen LogP contribution is -2.27. The van der Waals surface area contributed by atoms with Crippen LogP contribution in [0.4, 0.5) is 0 Å². The quantitative estimate of drug-likeness (QED) is 0.620. The van der Waals surface area contributed by atoms with E-state index in [1.807, 2.05) is 53.2 Å². The molecule has 0 unspecified atom stereocenters. The van der Waals surface area contributed by atoms with Gasteiger partial charge in [-0.2, -0.15) is 4.57 Å². The number of aromatic amines is 1. The molecule has 1 N–H and O–H groups in total. The van der Waals surface area contributed by atoms with Gasteiger partial charge in [0.15, 0.2) is 6.20 Å². The normalized spacial score (nSPS) is 8.36. The smallest absolute Gasteiger partial charge is 0.230 e. The van der Waals surface area contributed by atoms with E-state index in [9.17, 15) is 0 Å². The summed E-state index contributed by atoms with van der Waals surface area (Å²) in [5, 5.41) is 0. The van der Waals surface area contributed by atoms with Gasteiger partial charge in [-0.05, 0) is 6.07 Å². The van der Waals surface area contributed by atoms with E-state index in [0.717, 1.165) is 0 Å². The van der Waals surface area contributed by atoms with Crippen molar-refractivity contribution in [2.45, 2.75) is 27.7 Å². The van der Waals surface area contributed by atoms with Crippen LogP contribution in [0.5, 0.6) is 0 Å². The molecule has 2 heterocycles. The zero-order valence-corrected chi connectivity index (χ0v) is 9.83. The van der Waals surface area contributed by atoms with Crippen LogP contribution in [0, 0.1) is 0 Å². The van der Waals surface area contributed by atoms with Crippen molar-refractivity contribution in [1.82, 2.24) is 4.98 Å². The topological polar surface area (TPSA) is 19.7 Å². The third kappa shape index (κ3) is 2.87. The maximum atomic E-state index is 3.14. The molecule has 0 saturated carbocycles. The Hall–Kier alpha value is -1.31. The molecule has 2 aromatic rings. The fraction of sp³-hybridized carbons (Fsp3) is 0.417. The Balaban J connectivity index is 0.000000379. The predicted octanol–water partition coefficient (Wildman–Crippen LogP) is 3.04. The van der Waals surface area contributed by atoms with Gasteiger partial charge < -0.3 is 4.98 Å². The van der Waals surface area contributed by atoms with E-state index in [1.165, 1.54) is 11.0 Å². The third-order valence-corrected chi connectivity index (χ3v) is 1.71. The summed E-state index contributed by atoms with van der Waals surface area (Å²) in [4.78, 5) is 3.14. The first-order valence-electron chi connectivity index (χ1n) is 5.30. The first-order chi connectivity index (χ1) is 6.88. The van der Waals surface area contributed by atoms with Crippen molar-refractivity contribution in [2.24, 2.45) is 7.05 Å². The van der Waals surface area contributed by atoms with Crippen LogP contribution in [0.1, 0.15) is 27.7 Å². The first-order valence-corrected chi connectivity index (χ1v) is 5.30. The zero-order valence-electron chi connectivity index (χ0n) is 9.83. The van der Waals surface area contributed by atoms with E-state index < -0.39 is 0 Å². The van der Waals surface area contributed by atoms with Crippen molar-refractivity contribution >= 4 is 11.0 Å². The van der Waals surface area contributed by atoms with Crippen LogP contribution in [0.25, 0.3) is 11.0 Å². The van der Waals surface area contributed by atoms with E-state index in [2.05, 4.69) is 21.7 Å². The average molecular weight is 193 g/mol. The largest absolute Gasteiger partial charge is 0.356 e. The summed E-state index contributed by atoms with van der Waals surface area (Å²) in [6.45, 7) is 8.00. The molecular formula is C12H21N2+. The number of pyridine rings is 1. The maximum absolute atomic E-state index is 3.14. The minimum absolute atomic E-state index is 1.19. The minimum atomic E-state index is 1.19. The van der Waals surface area contributed by atoms with Crippen molar-refractivity contribution < 1.29 is 4.57 Å². The second-order valence-corrected chi connectivity index (χ2v) is 2.40. The Morgan fingerprint density at radius 2 is 1.71 bits per heavy atom. The van der Waals surface area contributed by atoms with Gasteiger partial charge in [-0.3, -0.25) is 0 Å². The number of fused-ring (bicyclic) bond motifs is 1. The molecule has 2 heteroatoms. The molecular weight excluding hydrogens is 172 g/mol. The number of rotatable bonds is 0. The van der Waals surface area contributed by atoms with Crippen LogP contribution in [-0.4, -0.2) is 4.98 Å². The standard InChI is InChI=1S/C8H8N2.2C2H6/c1-10-6-2-3-7-8(10)4-5-9-7;2*1-2/h2-6H,1H3;2*1-2H3/p+1. The Labute approximate surface area is 86.6 Å². The highest BCUT2D eigenvalue weighted by Gasteiger charge is 2.01. The van der Waals surface area contributed by atoms with Gasteiger partial charge in [0.2, 0.25) is 5.52 Å². The molecule has 0 aliphatic heterocycles. The molecule has 0 amide bonds. The van der Waals surface area contributed by atoms with Gasteiger partial charge >= 0.3 is 0 Å². The Morgan fingerprint density at radius 1 is 1.07 bits per heavy atom. The van der Waals surface area contributed by atoms with Gasteiger partial charge in [0.25, 0.3) is 0 Å². The molecule has 0 fully saturated rings. The van der Waals surface area contributed by atoms with Gasteiger partial charge in [0, 0.05) is 18.3 Å². The van der Waals surface area contributed by atoms with Crippen LogP contribution < -0.4 is 4.57 Å². The summed E-state index contributed by atoms with van der Waals surface area (Å²) < 4.78 is 2.09. The minimum Gasteiger partial charge on any atom is -0.356 e. The molecule has 0 atom stereocenters. The molecule has 0 spiro atoms. The van der Waals surface area contributed by atoms with Gasteiger partial charge in [-0.25, -0.2) is 0 Å². The Kier molecular flexibility index (Phi) is 6.46. The number of H-pyrrole nitrogens is 1. The summed E-state index contributed by atoms with van der Waals surface area (Å²) in [6.07, 6.45) is 3.99. The van der Waals surface area contributed by atoms with Crippen LogP contribution in [-0.2, 0) is 7.05 Å². The number of nitrogens with zero attached hydrogens (tertiary/aromatic N) is 1. The van der Waals surface area contributed by atoms with Crippen LogP contribution in [0.2, 0.25) is 0 Å².